The number of hydrogen-bond acceptors (Lipinski definition) is 1. The Kier molecular flexibility index (Phi) is 2.84. The van der Waals surface area contributed by atoms with Crippen molar-refractivity contribution in [1.29, 1.82) is 0 Å². The van der Waals surface area contributed by atoms with Crippen molar-refractivity contribution in [3.63, 3.8) is 0 Å². The zero-order chi connectivity index (χ0) is 8.10. The fourth-order valence-corrected chi connectivity index (χ4v) is 0.957. The molecule has 1 rings (SSSR count). The van der Waals surface area contributed by atoms with Crippen molar-refractivity contribution < 1.29 is 0 Å². The molecule has 0 saturated carbocycles. The zero-order valence-corrected chi connectivity index (χ0v) is 6.99. The lowest BCUT2D eigenvalue weighted by Crippen LogP contribution is -2.06. The summed E-state index contributed by atoms with van der Waals surface area (Å²) >= 11 is 0. The molecule has 1 heteroatoms. The predicted octanol–water partition coefficient (Wildman–Crippen LogP) is 2.72. The lowest BCUT2D eigenvalue weighted by molar-refractivity contribution is 0.995. The molecule has 58 valence electrons. The van der Waals surface area contributed by atoms with Crippen LogP contribution in [0.5, 0.6) is 0 Å². The maximum absolute atomic E-state index is 4.28. The summed E-state index contributed by atoms with van der Waals surface area (Å²) in [5, 5.41) is 0. The fraction of sp³-hybridized carbons (Fsp3) is 0.300. The van der Waals surface area contributed by atoms with Gasteiger partial charge in [0.1, 0.15) is 0 Å². The molecule has 1 aliphatic rings. The molecule has 0 aromatic rings. The molecule has 0 fully saturated rings. The first-order valence-electron chi connectivity index (χ1n) is 3.88. The molecule has 0 spiro atoms. The molecule has 0 radical (unpaired) electrons. The second-order valence-electron chi connectivity index (χ2n) is 2.57. The standard InChI is InChI=1S/C10H13N/c1-3-8-11-10-7-5-4-6-9(10)2/h3-9H,1-2H3/b8-3-,11-10?. The van der Waals surface area contributed by atoms with Gasteiger partial charge in [-0.2, -0.15) is 0 Å². The molecule has 0 aromatic carbocycles. The average Bonchev–Trinajstić information content (AvgIpc) is 2.03. The molecule has 1 unspecified atom stereocenters. The second-order valence-corrected chi connectivity index (χ2v) is 2.57. The number of rotatable bonds is 1. The lowest BCUT2D eigenvalue weighted by atomic mass is 10.0. The molecular weight excluding hydrogens is 134 g/mol. The van der Waals surface area contributed by atoms with Gasteiger partial charge in [0.25, 0.3) is 0 Å². The minimum absolute atomic E-state index is 0.455. The van der Waals surface area contributed by atoms with Crippen molar-refractivity contribution in [2.24, 2.45) is 10.9 Å². The van der Waals surface area contributed by atoms with Crippen molar-refractivity contribution >= 4 is 5.71 Å². The van der Waals surface area contributed by atoms with Crippen molar-refractivity contribution in [3.8, 4) is 0 Å². The van der Waals surface area contributed by atoms with E-state index in [4.69, 9.17) is 0 Å². The zero-order valence-electron chi connectivity index (χ0n) is 6.99. The summed E-state index contributed by atoms with van der Waals surface area (Å²) in [5.41, 5.74) is 1.13. The van der Waals surface area contributed by atoms with Gasteiger partial charge in [0.05, 0.1) is 0 Å². The first-order valence-corrected chi connectivity index (χ1v) is 3.88. The van der Waals surface area contributed by atoms with E-state index >= 15 is 0 Å². The van der Waals surface area contributed by atoms with Crippen LogP contribution in [0.25, 0.3) is 0 Å². The highest BCUT2D eigenvalue weighted by Gasteiger charge is 2.04. The van der Waals surface area contributed by atoms with Gasteiger partial charge in [-0.15, -0.1) is 0 Å². The summed E-state index contributed by atoms with van der Waals surface area (Å²) < 4.78 is 0. The van der Waals surface area contributed by atoms with E-state index in [0.29, 0.717) is 5.92 Å². The van der Waals surface area contributed by atoms with Gasteiger partial charge in [0.2, 0.25) is 0 Å². The lowest BCUT2D eigenvalue weighted by Gasteiger charge is -2.07. The number of hydrogen-bond donors (Lipinski definition) is 0. The Morgan fingerprint density at radius 2 is 2.27 bits per heavy atom. The Balaban J connectivity index is 2.72. The van der Waals surface area contributed by atoms with Gasteiger partial charge in [0, 0.05) is 17.8 Å². The largest absolute Gasteiger partial charge is 0.261 e. The number of nitrogens with zero attached hydrogens (tertiary/aromatic N) is 1. The Morgan fingerprint density at radius 3 is 2.91 bits per heavy atom. The Hall–Kier alpha value is -1.11. The fourth-order valence-electron chi connectivity index (χ4n) is 0.957. The van der Waals surface area contributed by atoms with Gasteiger partial charge in [-0.3, -0.25) is 4.99 Å². The van der Waals surface area contributed by atoms with Gasteiger partial charge in [-0.1, -0.05) is 31.2 Å². The molecule has 1 nitrogen and oxygen atoms in total. The van der Waals surface area contributed by atoms with Crippen molar-refractivity contribution in [2.45, 2.75) is 13.8 Å². The van der Waals surface area contributed by atoms with Crippen LogP contribution < -0.4 is 0 Å². The summed E-state index contributed by atoms with van der Waals surface area (Å²) in [7, 11) is 0. The van der Waals surface area contributed by atoms with Crippen molar-refractivity contribution in [3.05, 3.63) is 36.6 Å². The van der Waals surface area contributed by atoms with Crippen molar-refractivity contribution in [1.82, 2.24) is 0 Å². The predicted molar refractivity (Wildman–Crippen MR) is 49.7 cm³/mol. The molecular formula is C10H13N. The van der Waals surface area contributed by atoms with E-state index in [9.17, 15) is 0 Å². The van der Waals surface area contributed by atoms with E-state index in [1.165, 1.54) is 0 Å². The Labute approximate surface area is 67.8 Å². The molecule has 0 heterocycles. The summed E-state index contributed by atoms with van der Waals surface area (Å²) in [5.74, 6) is 0.455. The average molecular weight is 147 g/mol. The maximum atomic E-state index is 4.28. The first kappa shape index (κ1) is 7.99. The van der Waals surface area contributed by atoms with E-state index in [1.54, 1.807) is 0 Å². The van der Waals surface area contributed by atoms with E-state index in [2.05, 4.69) is 24.1 Å². The topological polar surface area (TPSA) is 12.4 Å². The molecule has 0 aromatic heterocycles. The third-order valence-electron chi connectivity index (χ3n) is 1.62. The minimum atomic E-state index is 0.455. The third-order valence-corrected chi connectivity index (χ3v) is 1.62. The summed E-state index contributed by atoms with van der Waals surface area (Å²) in [4.78, 5) is 4.28. The maximum Gasteiger partial charge on any atom is 0.0469 e. The SMILES string of the molecule is C/C=C\N=C1C=CC=CC1C. The quantitative estimate of drug-likeness (QED) is 0.540. The first-order chi connectivity index (χ1) is 5.34. The number of allylic oxidation sites excluding steroid dienone is 5. The number of aliphatic imine (C=N–C) groups is 1. The van der Waals surface area contributed by atoms with Crippen LogP contribution in [-0.4, -0.2) is 5.71 Å². The smallest absolute Gasteiger partial charge is 0.0469 e. The van der Waals surface area contributed by atoms with Crippen molar-refractivity contribution in [2.75, 3.05) is 0 Å². The highest BCUT2D eigenvalue weighted by molar-refractivity contribution is 5.99. The normalized spacial score (nSPS) is 27.1. The second kappa shape index (κ2) is 3.91. The van der Waals surface area contributed by atoms with Crippen LogP contribution in [-0.2, 0) is 0 Å². The Morgan fingerprint density at radius 1 is 1.45 bits per heavy atom. The van der Waals surface area contributed by atoms with E-state index in [0.717, 1.165) is 5.71 Å². The molecule has 0 amide bonds. The highest BCUT2D eigenvalue weighted by Crippen LogP contribution is 2.08. The van der Waals surface area contributed by atoms with E-state index in [-0.39, 0.29) is 0 Å². The summed E-state index contributed by atoms with van der Waals surface area (Å²) in [6.45, 7) is 4.11. The van der Waals surface area contributed by atoms with Gasteiger partial charge < -0.3 is 0 Å². The van der Waals surface area contributed by atoms with Crippen LogP contribution in [0.4, 0.5) is 0 Å². The van der Waals surface area contributed by atoms with Crippen LogP contribution in [0.3, 0.4) is 0 Å². The van der Waals surface area contributed by atoms with Gasteiger partial charge >= 0.3 is 0 Å². The molecule has 0 N–H and O–H groups in total. The van der Waals surface area contributed by atoms with Crippen LogP contribution in [0.1, 0.15) is 13.8 Å². The Bertz CT molecular complexity index is 231. The monoisotopic (exact) mass is 147 g/mol. The van der Waals surface area contributed by atoms with Crippen LogP contribution in [0.2, 0.25) is 0 Å². The molecule has 0 saturated heterocycles. The van der Waals surface area contributed by atoms with Crippen LogP contribution in [0, 0.1) is 5.92 Å². The molecule has 0 aliphatic heterocycles. The summed E-state index contributed by atoms with van der Waals surface area (Å²) in [6.07, 6.45) is 12.0. The third kappa shape index (κ3) is 2.19. The molecule has 0 bridgehead atoms. The molecule has 1 aliphatic carbocycles. The minimum Gasteiger partial charge on any atom is -0.261 e. The van der Waals surface area contributed by atoms with E-state index < -0.39 is 0 Å². The molecule has 11 heavy (non-hydrogen) atoms. The van der Waals surface area contributed by atoms with Gasteiger partial charge in [-0.25, -0.2) is 0 Å². The van der Waals surface area contributed by atoms with Gasteiger partial charge in [0.15, 0.2) is 0 Å². The van der Waals surface area contributed by atoms with Gasteiger partial charge in [-0.05, 0) is 13.0 Å². The van der Waals surface area contributed by atoms with Crippen LogP contribution in [0.15, 0.2) is 41.6 Å². The van der Waals surface area contributed by atoms with E-state index in [1.807, 2.05) is 31.4 Å². The molecule has 1 atom stereocenters. The van der Waals surface area contributed by atoms with Crippen LogP contribution >= 0.6 is 0 Å². The summed E-state index contributed by atoms with van der Waals surface area (Å²) in [6, 6.07) is 0. The highest BCUT2D eigenvalue weighted by atomic mass is 14.7.